The van der Waals surface area contributed by atoms with Crippen LogP contribution < -0.4 is 5.32 Å². The summed E-state index contributed by atoms with van der Waals surface area (Å²) in [6.45, 7) is 4.50. The number of hydrogen-bond acceptors (Lipinski definition) is 3. The van der Waals surface area contributed by atoms with Gasteiger partial charge in [-0.1, -0.05) is 0 Å². The van der Waals surface area contributed by atoms with Crippen molar-refractivity contribution in [1.82, 2.24) is 5.32 Å². The first kappa shape index (κ1) is 13.1. The van der Waals surface area contributed by atoms with Crippen LogP contribution in [0, 0.1) is 0 Å². The maximum atomic E-state index is 8.72. The average molecular weight is 141 g/mol. The molecule has 0 fully saturated rings. The van der Waals surface area contributed by atoms with Crippen LogP contribution in [0.25, 0.3) is 0 Å². The Bertz CT molecular complexity index is 60.8. The van der Waals surface area contributed by atoms with Crippen molar-refractivity contribution in [3.8, 4) is 0 Å². The van der Waals surface area contributed by atoms with Gasteiger partial charge in [-0.15, -0.1) is 0 Å². The Labute approximate surface area is 74.0 Å². The second kappa shape index (κ2) is 7.58. The minimum absolute atomic E-state index is 0. The number of aliphatic hydroxyl groups is 2. The number of rotatable bonds is 4. The molecule has 0 spiro atoms. The zero-order valence-electron chi connectivity index (χ0n) is 5.96. The second-order valence-corrected chi connectivity index (χ2v) is 2.36. The van der Waals surface area contributed by atoms with Crippen LogP contribution in [0.15, 0.2) is 0 Å². The van der Waals surface area contributed by atoms with Gasteiger partial charge >= 0.3 is 18.9 Å². The van der Waals surface area contributed by atoms with Crippen LogP contribution in [-0.4, -0.2) is 54.4 Å². The Kier molecular flexibility index (Phi) is 9.93. The predicted molar refractivity (Wildman–Crippen MR) is 43.4 cm³/mol. The van der Waals surface area contributed by atoms with Crippen LogP contribution in [0.4, 0.5) is 0 Å². The Morgan fingerprint density at radius 2 is 1.40 bits per heavy atom. The van der Waals surface area contributed by atoms with E-state index in [-0.39, 0.29) is 31.1 Å². The molecule has 0 amide bonds. The van der Waals surface area contributed by atoms with E-state index in [1.165, 1.54) is 0 Å². The molecule has 0 aliphatic carbocycles. The molecule has 58 valence electrons. The number of nitrogens with one attached hydrogen (secondary N) is 1. The molecule has 0 radical (unpaired) electrons. The van der Waals surface area contributed by atoms with E-state index >= 15 is 0 Å². The second-order valence-electron chi connectivity index (χ2n) is 2.36. The van der Waals surface area contributed by atoms with E-state index < -0.39 is 0 Å². The summed E-state index contributed by atoms with van der Waals surface area (Å²) in [5, 5.41) is 20.3. The van der Waals surface area contributed by atoms with Crippen LogP contribution >= 0.6 is 0 Å². The molecule has 3 nitrogen and oxygen atoms in total. The van der Waals surface area contributed by atoms with Gasteiger partial charge in [-0.3, -0.25) is 0 Å². The minimum atomic E-state index is -0.330. The Hall–Kier alpha value is 0.477. The normalized spacial score (nSPS) is 15.6. The Morgan fingerprint density at radius 3 is 1.60 bits per heavy atom. The monoisotopic (exact) mass is 141 g/mol. The van der Waals surface area contributed by atoms with Crippen LogP contribution in [-0.2, 0) is 0 Å². The molecular formula is C6H16LiNO2. The average Bonchev–Trinajstić information content (AvgIpc) is 1.63. The van der Waals surface area contributed by atoms with Gasteiger partial charge in [0.25, 0.3) is 0 Å². The molecular weight excluding hydrogens is 125 g/mol. The van der Waals surface area contributed by atoms with Crippen molar-refractivity contribution in [2.24, 2.45) is 0 Å². The quantitative estimate of drug-likeness (QED) is 0.426. The topological polar surface area (TPSA) is 52.5 Å². The van der Waals surface area contributed by atoms with Crippen LogP contribution in [0.3, 0.4) is 0 Å². The summed E-state index contributed by atoms with van der Waals surface area (Å²) in [6.07, 6.45) is -0.660. The van der Waals surface area contributed by atoms with Crippen LogP contribution in [0.2, 0.25) is 0 Å². The van der Waals surface area contributed by atoms with E-state index in [9.17, 15) is 0 Å². The summed E-state index contributed by atoms with van der Waals surface area (Å²) >= 11 is 0. The van der Waals surface area contributed by atoms with Gasteiger partial charge in [0.05, 0.1) is 12.2 Å². The maximum absolute atomic E-state index is 8.72. The van der Waals surface area contributed by atoms with Crippen molar-refractivity contribution < 1.29 is 10.2 Å². The number of hydrogen-bond donors (Lipinski definition) is 3. The zero-order chi connectivity index (χ0) is 7.28. The van der Waals surface area contributed by atoms with Gasteiger partial charge in [0.1, 0.15) is 0 Å². The van der Waals surface area contributed by atoms with E-state index in [0.29, 0.717) is 13.1 Å². The summed E-state index contributed by atoms with van der Waals surface area (Å²) in [6, 6.07) is 0. The van der Waals surface area contributed by atoms with Crippen molar-refractivity contribution in [1.29, 1.82) is 0 Å². The van der Waals surface area contributed by atoms with Crippen molar-refractivity contribution in [3.63, 3.8) is 0 Å². The summed E-state index contributed by atoms with van der Waals surface area (Å²) in [5.41, 5.74) is 0. The molecule has 0 saturated heterocycles. The fourth-order valence-corrected chi connectivity index (χ4v) is 0.501. The Balaban J connectivity index is 0. The van der Waals surface area contributed by atoms with Gasteiger partial charge in [-0.2, -0.15) is 0 Å². The van der Waals surface area contributed by atoms with Gasteiger partial charge in [0, 0.05) is 13.1 Å². The molecule has 0 saturated carbocycles. The number of aliphatic hydroxyl groups excluding tert-OH is 2. The van der Waals surface area contributed by atoms with E-state index in [1.807, 2.05) is 0 Å². The molecule has 0 aliphatic heterocycles. The van der Waals surface area contributed by atoms with E-state index in [1.54, 1.807) is 13.8 Å². The standard InChI is InChI=1S/C6H15NO2.Li.H/c1-5(8)3-7-4-6(2)9;;/h5-9H,3-4H2,1-2H3;;. The van der Waals surface area contributed by atoms with Crippen molar-refractivity contribution in [2.45, 2.75) is 26.1 Å². The molecule has 3 N–H and O–H groups in total. The summed E-state index contributed by atoms with van der Waals surface area (Å²) in [7, 11) is 0. The molecule has 0 aromatic heterocycles. The third kappa shape index (κ3) is 11.3. The summed E-state index contributed by atoms with van der Waals surface area (Å²) in [4.78, 5) is 0. The third-order valence-corrected chi connectivity index (χ3v) is 0.879. The first-order valence-corrected chi connectivity index (χ1v) is 3.19. The molecule has 2 atom stereocenters. The van der Waals surface area contributed by atoms with Gasteiger partial charge in [0.15, 0.2) is 0 Å². The molecule has 0 heterocycles. The molecule has 0 aromatic carbocycles. The molecule has 0 rings (SSSR count). The van der Waals surface area contributed by atoms with E-state index in [2.05, 4.69) is 5.32 Å². The molecule has 0 aromatic rings. The summed E-state index contributed by atoms with van der Waals surface area (Å²) in [5.74, 6) is 0. The SMILES string of the molecule is CC(O)CNCC(C)O.[LiH]. The molecule has 2 unspecified atom stereocenters. The van der Waals surface area contributed by atoms with Gasteiger partial charge in [0.2, 0.25) is 0 Å². The van der Waals surface area contributed by atoms with Crippen LogP contribution in [0.5, 0.6) is 0 Å². The molecule has 0 bridgehead atoms. The van der Waals surface area contributed by atoms with Gasteiger partial charge < -0.3 is 15.5 Å². The Morgan fingerprint density at radius 1 is 1.10 bits per heavy atom. The fraction of sp³-hybridized carbons (Fsp3) is 1.00. The molecule has 4 heteroatoms. The van der Waals surface area contributed by atoms with Gasteiger partial charge in [-0.25, -0.2) is 0 Å². The van der Waals surface area contributed by atoms with Gasteiger partial charge in [-0.05, 0) is 13.8 Å². The van der Waals surface area contributed by atoms with E-state index in [4.69, 9.17) is 10.2 Å². The van der Waals surface area contributed by atoms with Crippen molar-refractivity contribution >= 4 is 18.9 Å². The first-order valence-electron chi connectivity index (χ1n) is 3.19. The fourth-order valence-electron chi connectivity index (χ4n) is 0.501. The van der Waals surface area contributed by atoms with Crippen LogP contribution in [0.1, 0.15) is 13.8 Å². The third-order valence-electron chi connectivity index (χ3n) is 0.879. The summed E-state index contributed by atoms with van der Waals surface area (Å²) < 4.78 is 0. The van der Waals surface area contributed by atoms with Crippen molar-refractivity contribution in [2.75, 3.05) is 13.1 Å². The van der Waals surface area contributed by atoms with E-state index in [0.717, 1.165) is 0 Å². The van der Waals surface area contributed by atoms with Crippen molar-refractivity contribution in [3.05, 3.63) is 0 Å². The molecule has 0 aliphatic rings. The predicted octanol–water partition coefficient (Wildman–Crippen LogP) is -1.31. The first-order chi connectivity index (χ1) is 4.13. The molecule has 10 heavy (non-hydrogen) atoms. The zero-order valence-corrected chi connectivity index (χ0v) is 5.96.